The maximum absolute atomic E-state index is 13.1. The zero-order chi connectivity index (χ0) is 55.9. The topological polar surface area (TPSA) is 175 Å². The highest BCUT2D eigenvalue weighted by atomic mass is 16.7. The highest BCUT2D eigenvalue weighted by Crippen LogP contribution is 2.23. The highest BCUT2D eigenvalue weighted by Gasteiger charge is 2.44. The Bertz CT molecular complexity index is 1460. The van der Waals surface area contributed by atoms with Crippen LogP contribution < -0.4 is 5.32 Å². The standard InChI is InChI=1S/C66H119NO10/c1-3-5-7-9-11-13-15-16-26-29-33-36-40-44-48-52-59(69)58(57-76-66-65(74)64(73)63(72)60(56-68)77-66)67-61(70)53-49-45-41-37-34-30-27-24-22-20-18-17-19-21-23-25-28-31-35-39-43-47-51-55-75-62(71)54-50-46-42-38-32-14-12-10-8-6-4-2/h15-17,19-20,22,33,36,48,52,58-60,63-66,68-69,72-74H,3-14,18,21,23-32,34-35,37-47,49-51,53-57H2,1-2H3,(H,67,70)/b16-15+,19-17-,22-20-,36-33+,52-48+. The molecular formula is C66H119NO10. The number of amides is 1. The second-order valence-corrected chi connectivity index (χ2v) is 22.1. The molecule has 0 spiro atoms. The third-order valence-electron chi connectivity index (χ3n) is 14.8. The average molecular weight is 1090 g/mol. The number of unbranched alkanes of at least 4 members (excludes halogenated alkanes) is 33. The van der Waals surface area contributed by atoms with Gasteiger partial charge in [0, 0.05) is 12.8 Å². The molecule has 1 saturated heterocycles. The summed E-state index contributed by atoms with van der Waals surface area (Å²) in [6, 6.07) is -0.844. The van der Waals surface area contributed by atoms with Gasteiger partial charge in [0.05, 0.1) is 32.0 Å². The summed E-state index contributed by atoms with van der Waals surface area (Å²) in [7, 11) is 0. The van der Waals surface area contributed by atoms with Crippen LogP contribution in [0.5, 0.6) is 0 Å². The van der Waals surface area contributed by atoms with E-state index in [0.29, 0.717) is 19.4 Å². The van der Waals surface area contributed by atoms with Crippen molar-refractivity contribution in [3.8, 4) is 0 Å². The Morgan fingerprint density at radius 3 is 1.36 bits per heavy atom. The van der Waals surface area contributed by atoms with E-state index in [1.54, 1.807) is 6.08 Å². The molecule has 1 heterocycles. The number of nitrogens with one attached hydrogen (secondary N) is 1. The molecule has 1 aliphatic rings. The van der Waals surface area contributed by atoms with Gasteiger partial charge in [0.15, 0.2) is 6.29 Å². The second-order valence-electron chi connectivity index (χ2n) is 22.1. The predicted octanol–water partition coefficient (Wildman–Crippen LogP) is 15.4. The molecule has 1 aliphatic heterocycles. The van der Waals surface area contributed by atoms with Crippen LogP contribution in [0.2, 0.25) is 0 Å². The van der Waals surface area contributed by atoms with Crippen LogP contribution in [0.15, 0.2) is 60.8 Å². The SMILES string of the molecule is CCCCCCC/C=C/CC/C=C/CC/C=C/C(O)C(COC1OC(CO)C(O)C(O)C1O)NC(=O)CCCCCCCCC/C=C\C/C=C\CCCCCCCCCCCOC(=O)CCCCCCCCCCCCC. The molecule has 0 aromatic heterocycles. The van der Waals surface area contributed by atoms with Crippen molar-refractivity contribution < 1.29 is 49.3 Å². The molecular weight excluding hydrogens is 967 g/mol. The Morgan fingerprint density at radius 1 is 0.481 bits per heavy atom. The second kappa shape index (κ2) is 55.3. The number of allylic oxidation sites excluding steroid dienone is 9. The lowest BCUT2D eigenvalue weighted by Crippen LogP contribution is -2.60. The van der Waals surface area contributed by atoms with E-state index in [9.17, 15) is 35.1 Å². The molecule has 0 aromatic carbocycles. The molecule has 77 heavy (non-hydrogen) atoms. The number of esters is 1. The Kier molecular flexibility index (Phi) is 52.0. The number of aliphatic hydroxyl groups is 5. The van der Waals surface area contributed by atoms with Crippen molar-refractivity contribution in [1.29, 1.82) is 0 Å². The van der Waals surface area contributed by atoms with Gasteiger partial charge in [0.25, 0.3) is 0 Å². The zero-order valence-electron chi connectivity index (χ0n) is 49.4. The first-order chi connectivity index (χ1) is 37.7. The first kappa shape index (κ1) is 72.4. The van der Waals surface area contributed by atoms with Gasteiger partial charge in [0.1, 0.15) is 24.4 Å². The van der Waals surface area contributed by atoms with E-state index in [4.69, 9.17) is 14.2 Å². The van der Waals surface area contributed by atoms with Gasteiger partial charge in [-0.25, -0.2) is 0 Å². The summed E-state index contributed by atoms with van der Waals surface area (Å²) in [6.07, 6.45) is 61.7. The first-order valence-corrected chi connectivity index (χ1v) is 32.1. The largest absolute Gasteiger partial charge is 0.466 e. The van der Waals surface area contributed by atoms with Crippen LogP contribution in [-0.2, 0) is 23.8 Å². The van der Waals surface area contributed by atoms with Crippen LogP contribution in [-0.4, -0.2) is 100 Å². The van der Waals surface area contributed by atoms with E-state index in [1.165, 1.54) is 154 Å². The fraction of sp³-hybridized carbons (Fsp3) is 0.818. The van der Waals surface area contributed by atoms with Crippen molar-refractivity contribution in [2.75, 3.05) is 19.8 Å². The van der Waals surface area contributed by atoms with Crippen LogP contribution in [0.4, 0.5) is 0 Å². The number of hydrogen-bond donors (Lipinski definition) is 6. The molecule has 6 N–H and O–H groups in total. The van der Waals surface area contributed by atoms with Crippen molar-refractivity contribution in [2.24, 2.45) is 0 Å². The smallest absolute Gasteiger partial charge is 0.305 e. The summed E-state index contributed by atoms with van der Waals surface area (Å²) in [5, 5.41) is 54.4. The third-order valence-corrected chi connectivity index (χ3v) is 14.8. The van der Waals surface area contributed by atoms with Crippen molar-refractivity contribution in [1.82, 2.24) is 5.32 Å². The summed E-state index contributed by atoms with van der Waals surface area (Å²) in [6.45, 7) is 4.30. The minimum absolute atomic E-state index is 0.00624. The zero-order valence-corrected chi connectivity index (χ0v) is 49.4. The lowest BCUT2D eigenvalue weighted by molar-refractivity contribution is -0.302. The number of ether oxygens (including phenoxy) is 3. The Hall–Kier alpha value is -2.64. The summed E-state index contributed by atoms with van der Waals surface area (Å²) < 4.78 is 16.7. The summed E-state index contributed by atoms with van der Waals surface area (Å²) in [5.41, 5.74) is 0. The number of hydrogen-bond acceptors (Lipinski definition) is 10. The highest BCUT2D eigenvalue weighted by molar-refractivity contribution is 5.76. The lowest BCUT2D eigenvalue weighted by atomic mass is 9.99. The summed E-state index contributed by atoms with van der Waals surface area (Å²) in [4.78, 5) is 25.1. The number of carbonyl (C=O) groups is 2. The van der Waals surface area contributed by atoms with Gasteiger partial charge in [0.2, 0.25) is 5.91 Å². The molecule has 0 radical (unpaired) electrons. The van der Waals surface area contributed by atoms with Crippen molar-refractivity contribution >= 4 is 11.9 Å². The van der Waals surface area contributed by atoms with Crippen LogP contribution in [0.3, 0.4) is 0 Å². The first-order valence-electron chi connectivity index (χ1n) is 32.1. The molecule has 11 nitrogen and oxygen atoms in total. The van der Waals surface area contributed by atoms with Crippen LogP contribution in [0, 0.1) is 0 Å². The average Bonchev–Trinajstić information content (AvgIpc) is 3.43. The molecule has 1 amide bonds. The van der Waals surface area contributed by atoms with E-state index in [2.05, 4.69) is 67.8 Å². The van der Waals surface area contributed by atoms with Crippen LogP contribution >= 0.6 is 0 Å². The molecule has 0 bridgehead atoms. The Morgan fingerprint density at radius 2 is 0.883 bits per heavy atom. The fourth-order valence-corrected chi connectivity index (χ4v) is 9.73. The summed E-state index contributed by atoms with van der Waals surface area (Å²) >= 11 is 0. The minimum atomic E-state index is -1.58. The van der Waals surface area contributed by atoms with E-state index in [-0.39, 0.29) is 18.5 Å². The van der Waals surface area contributed by atoms with Gasteiger partial charge in [-0.15, -0.1) is 0 Å². The number of carbonyl (C=O) groups excluding carboxylic acids is 2. The van der Waals surface area contributed by atoms with Gasteiger partial charge in [-0.1, -0.05) is 242 Å². The van der Waals surface area contributed by atoms with Gasteiger partial charge in [-0.2, -0.15) is 0 Å². The normalized spacial score (nSPS) is 19.0. The molecule has 1 rings (SSSR count). The van der Waals surface area contributed by atoms with Crippen LogP contribution in [0.25, 0.3) is 0 Å². The quantitative estimate of drug-likeness (QED) is 0.0195. The van der Waals surface area contributed by atoms with Crippen molar-refractivity contribution in [3.05, 3.63) is 60.8 Å². The van der Waals surface area contributed by atoms with E-state index < -0.39 is 49.5 Å². The van der Waals surface area contributed by atoms with E-state index in [1.807, 2.05) is 6.08 Å². The fourth-order valence-electron chi connectivity index (χ4n) is 9.73. The monoisotopic (exact) mass is 1090 g/mol. The van der Waals surface area contributed by atoms with E-state index in [0.717, 1.165) is 103 Å². The number of rotatable bonds is 55. The Balaban J connectivity index is 2.11. The Labute approximate surface area is 471 Å². The molecule has 1 fully saturated rings. The third kappa shape index (κ3) is 44.8. The van der Waals surface area contributed by atoms with Gasteiger partial charge in [-0.3, -0.25) is 9.59 Å². The van der Waals surface area contributed by atoms with Gasteiger partial charge < -0.3 is 45.1 Å². The van der Waals surface area contributed by atoms with Crippen molar-refractivity contribution in [2.45, 2.75) is 326 Å². The molecule has 7 atom stereocenters. The van der Waals surface area contributed by atoms with E-state index >= 15 is 0 Å². The molecule has 448 valence electrons. The summed E-state index contributed by atoms with van der Waals surface area (Å²) in [5.74, 6) is -0.213. The van der Waals surface area contributed by atoms with Crippen molar-refractivity contribution in [3.63, 3.8) is 0 Å². The maximum atomic E-state index is 13.1. The lowest BCUT2D eigenvalue weighted by Gasteiger charge is -2.40. The molecule has 7 unspecified atom stereocenters. The minimum Gasteiger partial charge on any atom is -0.466 e. The van der Waals surface area contributed by atoms with Crippen LogP contribution in [0.1, 0.15) is 284 Å². The number of aliphatic hydroxyl groups excluding tert-OH is 5. The maximum Gasteiger partial charge on any atom is 0.305 e. The predicted molar refractivity (Wildman–Crippen MR) is 320 cm³/mol. The molecule has 11 heteroatoms. The van der Waals surface area contributed by atoms with Gasteiger partial charge >= 0.3 is 5.97 Å². The molecule has 0 saturated carbocycles. The molecule has 0 aliphatic carbocycles. The molecule has 0 aromatic rings. The van der Waals surface area contributed by atoms with Gasteiger partial charge in [-0.05, 0) is 89.9 Å².